The van der Waals surface area contributed by atoms with E-state index >= 15 is 0 Å². The van der Waals surface area contributed by atoms with Gasteiger partial charge in [-0.05, 0) is 37.1 Å². The Balaban J connectivity index is 2.24. The third kappa shape index (κ3) is 2.12. The second-order valence-corrected chi connectivity index (χ2v) is 4.25. The number of nitrogens with zero attached hydrogens (tertiary/aromatic N) is 1. The van der Waals surface area contributed by atoms with Crippen LogP contribution in [-0.2, 0) is 0 Å². The highest BCUT2D eigenvalue weighted by Gasteiger charge is 2.17. The summed E-state index contributed by atoms with van der Waals surface area (Å²) in [5.41, 5.74) is 1.72. The zero-order valence-electron chi connectivity index (χ0n) is 9.26. The minimum absolute atomic E-state index is 0.133. The molecule has 1 aliphatic heterocycles. The highest BCUT2D eigenvalue weighted by Crippen LogP contribution is 2.26. The molecule has 0 bridgehead atoms. The molecule has 0 saturated carbocycles. The largest absolute Gasteiger partial charge is 0.375 e. The molecule has 0 radical (unpaired) electrons. The molecule has 1 atom stereocenters. The van der Waals surface area contributed by atoms with Crippen molar-refractivity contribution >= 4 is 5.69 Å². The molecule has 3 heteroatoms. The number of benzene rings is 1. The van der Waals surface area contributed by atoms with Gasteiger partial charge in [-0.3, -0.25) is 0 Å². The minimum atomic E-state index is -0.133. The third-order valence-electron chi connectivity index (χ3n) is 2.92. The molecule has 0 spiro atoms. The van der Waals surface area contributed by atoms with Gasteiger partial charge in [-0.25, -0.2) is 4.39 Å². The van der Waals surface area contributed by atoms with Crippen LogP contribution in [0, 0.1) is 5.82 Å². The molecule has 1 aromatic carbocycles. The second-order valence-electron chi connectivity index (χ2n) is 4.25. The Morgan fingerprint density at radius 3 is 2.73 bits per heavy atom. The molecule has 2 rings (SSSR count). The highest BCUT2D eigenvalue weighted by molar-refractivity contribution is 5.48. The first kappa shape index (κ1) is 10.4. The van der Waals surface area contributed by atoms with E-state index in [1.165, 1.54) is 6.42 Å². The summed E-state index contributed by atoms with van der Waals surface area (Å²) >= 11 is 0. The molecule has 1 heterocycles. The van der Waals surface area contributed by atoms with Crippen molar-refractivity contribution in [1.29, 1.82) is 0 Å². The van der Waals surface area contributed by atoms with Gasteiger partial charge >= 0.3 is 0 Å². The van der Waals surface area contributed by atoms with Gasteiger partial charge in [0.15, 0.2) is 0 Å². The minimum Gasteiger partial charge on any atom is -0.375 e. The van der Waals surface area contributed by atoms with E-state index in [1.807, 2.05) is 26.2 Å². The number of nitrogens with one attached hydrogen (secondary N) is 1. The van der Waals surface area contributed by atoms with Crippen LogP contribution < -0.4 is 10.2 Å². The lowest BCUT2D eigenvalue weighted by atomic mass is 10.0. The summed E-state index contributed by atoms with van der Waals surface area (Å²) in [6.07, 6.45) is 2.29. The molecule has 0 aromatic heterocycles. The van der Waals surface area contributed by atoms with Crippen LogP contribution in [0.5, 0.6) is 0 Å². The van der Waals surface area contributed by atoms with Crippen molar-refractivity contribution in [3.8, 4) is 0 Å². The van der Waals surface area contributed by atoms with E-state index in [9.17, 15) is 4.39 Å². The fraction of sp³-hybridized carbons (Fsp3) is 0.500. The third-order valence-corrected chi connectivity index (χ3v) is 2.92. The Bertz CT molecular complexity index is 343. The Labute approximate surface area is 90.1 Å². The second kappa shape index (κ2) is 4.19. The van der Waals surface area contributed by atoms with Gasteiger partial charge in [0.05, 0.1) is 5.69 Å². The lowest BCUT2D eigenvalue weighted by Gasteiger charge is -2.16. The maximum atomic E-state index is 13.7. The summed E-state index contributed by atoms with van der Waals surface area (Å²) < 4.78 is 13.7. The average Bonchev–Trinajstić information content (AvgIpc) is 2.69. The first-order chi connectivity index (χ1) is 7.18. The molecule has 1 aliphatic rings. The number of hydrogen-bond acceptors (Lipinski definition) is 2. The molecule has 15 heavy (non-hydrogen) atoms. The summed E-state index contributed by atoms with van der Waals surface area (Å²) in [4.78, 5) is 1.79. The van der Waals surface area contributed by atoms with Gasteiger partial charge in [0.2, 0.25) is 0 Å². The van der Waals surface area contributed by atoms with Crippen LogP contribution in [0.15, 0.2) is 18.2 Å². The Kier molecular flexibility index (Phi) is 2.91. The highest BCUT2D eigenvalue weighted by atomic mass is 19.1. The quantitative estimate of drug-likeness (QED) is 0.802. The topological polar surface area (TPSA) is 15.3 Å². The fourth-order valence-electron chi connectivity index (χ4n) is 2.07. The van der Waals surface area contributed by atoms with Crippen LogP contribution in [0.3, 0.4) is 0 Å². The predicted molar refractivity (Wildman–Crippen MR) is 60.7 cm³/mol. The van der Waals surface area contributed by atoms with Crippen LogP contribution in [0.1, 0.15) is 24.4 Å². The van der Waals surface area contributed by atoms with Gasteiger partial charge < -0.3 is 10.2 Å². The molecule has 1 N–H and O–H groups in total. The van der Waals surface area contributed by atoms with E-state index in [0.717, 1.165) is 18.5 Å². The molecule has 2 nitrogen and oxygen atoms in total. The predicted octanol–water partition coefficient (Wildman–Crippen LogP) is 2.32. The molecular formula is C12H17FN2. The molecule has 1 fully saturated rings. The molecule has 82 valence electrons. The maximum absolute atomic E-state index is 13.7. The van der Waals surface area contributed by atoms with Gasteiger partial charge in [0.1, 0.15) is 5.82 Å². The van der Waals surface area contributed by atoms with Crippen LogP contribution in [0.25, 0.3) is 0 Å². The van der Waals surface area contributed by atoms with Crippen molar-refractivity contribution in [2.45, 2.75) is 18.9 Å². The van der Waals surface area contributed by atoms with Gasteiger partial charge in [0.25, 0.3) is 0 Å². The summed E-state index contributed by atoms with van der Waals surface area (Å²) in [5, 5.41) is 3.37. The summed E-state index contributed by atoms with van der Waals surface area (Å²) in [7, 11) is 3.71. The maximum Gasteiger partial charge on any atom is 0.146 e. The lowest BCUT2D eigenvalue weighted by Crippen LogP contribution is -2.14. The number of hydrogen-bond donors (Lipinski definition) is 1. The van der Waals surface area contributed by atoms with Gasteiger partial charge in [-0.1, -0.05) is 6.07 Å². The normalized spacial score (nSPS) is 20.6. The molecule has 0 unspecified atom stereocenters. The standard InChI is InChI=1S/C12H17FN2/c1-15(2)12-6-5-9(8-10(12)13)11-4-3-7-14-11/h5-6,8,11,14H,3-4,7H2,1-2H3/t11-/m0/s1. The Hall–Kier alpha value is -1.09. The molecular weight excluding hydrogens is 191 g/mol. The first-order valence-electron chi connectivity index (χ1n) is 5.38. The average molecular weight is 208 g/mol. The monoisotopic (exact) mass is 208 g/mol. The fourth-order valence-corrected chi connectivity index (χ4v) is 2.07. The van der Waals surface area contributed by atoms with E-state index in [2.05, 4.69) is 5.32 Å². The smallest absolute Gasteiger partial charge is 0.146 e. The number of anilines is 1. The summed E-state index contributed by atoms with van der Waals surface area (Å²) in [5.74, 6) is -0.133. The summed E-state index contributed by atoms with van der Waals surface area (Å²) in [6.45, 7) is 1.04. The van der Waals surface area contributed by atoms with E-state index in [4.69, 9.17) is 0 Å². The first-order valence-corrected chi connectivity index (χ1v) is 5.38. The van der Waals surface area contributed by atoms with Crippen molar-refractivity contribution in [3.63, 3.8) is 0 Å². The lowest BCUT2D eigenvalue weighted by molar-refractivity contribution is 0.606. The molecule has 1 saturated heterocycles. The summed E-state index contributed by atoms with van der Waals surface area (Å²) in [6, 6.07) is 5.86. The van der Waals surface area contributed by atoms with Crippen LogP contribution >= 0.6 is 0 Å². The van der Waals surface area contributed by atoms with Gasteiger partial charge in [-0.2, -0.15) is 0 Å². The van der Waals surface area contributed by atoms with Crippen LogP contribution in [0.2, 0.25) is 0 Å². The van der Waals surface area contributed by atoms with Crippen molar-refractivity contribution in [2.24, 2.45) is 0 Å². The van der Waals surface area contributed by atoms with Crippen LogP contribution in [0.4, 0.5) is 10.1 Å². The molecule has 1 aromatic rings. The van der Waals surface area contributed by atoms with Gasteiger partial charge in [0, 0.05) is 20.1 Å². The molecule has 0 aliphatic carbocycles. The Morgan fingerprint density at radius 1 is 1.40 bits per heavy atom. The number of halogens is 1. The molecule has 0 amide bonds. The van der Waals surface area contributed by atoms with E-state index in [-0.39, 0.29) is 5.82 Å². The van der Waals surface area contributed by atoms with Crippen LogP contribution in [-0.4, -0.2) is 20.6 Å². The Morgan fingerprint density at radius 2 is 2.20 bits per heavy atom. The van der Waals surface area contributed by atoms with E-state index in [0.29, 0.717) is 11.7 Å². The van der Waals surface area contributed by atoms with Gasteiger partial charge in [-0.15, -0.1) is 0 Å². The van der Waals surface area contributed by atoms with E-state index < -0.39 is 0 Å². The van der Waals surface area contributed by atoms with Crippen molar-refractivity contribution < 1.29 is 4.39 Å². The van der Waals surface area contributed by atoms with Crippen molar-refractivity contribution in [2.75, 3.05) is 25.5 Å². The zero-order valence-corrected chi connectivity index (χ0v) is 9.26. The van der Waals surface area contributed by atoms with E-state index in [1.54, 1.807) is 11.0 Å². The SMILES string of the molecule is CN(C)c1ccc([C@@H]2CCCN2)cc1F. The van der Waals surface area contributed by atoms with Crippen molar-refractivity contribution in [1.82, 2.24) is 5.32 Å². The zero-order chi connectivity index (χ0) is 10.8. The van der Waals surface area contributed by atoms with Crippen molar-refractivity contribution in [3.05, 3.63) is 29.6 Å². The number of rotatable bonds is 2.